The molecule has 1 aliphatic rings. The number of nitrogens with zero attached hydrogens (tertiary/aromatic N) is 1. The van der Waals surface area contributed by atoms with Gasteiger partial charge in [-0.05, 0) is 12.0 Å². The van der Waals surface area contributed by atoms with Crippen LogP contribution in [-0.2, 0) is 0 Å². The molecule has 3 rings (SSSR count). The van der Waals surface area contributed by atoms with E-state index in [0.29, 0.717) is 12.0 Å². The fourth-order valence-corrected chi connectivity index (χ4v) is 1.98. The molecule has 0 spiro atoms. The van der Waals surface area contributed by atoms with Gasteiger partial charge in [0, 0.05) is 17.5 Å². The summed E-state index contributed by atoms with van der Waals surface area (Å²) in [5.74, 6) is 0.499. The maximum absolute atomic E-state index is 5.86. The van der Waals surface area contributed by atoms with Gasteiger partial charge in [0.05, 0.1) is 11.9 Å². The molecule has 1 fully saturated rings. The van der Waals surface area contributed by atoms with Crippen LogP contribution in [0.25, 0.3) is 11.3 Å². The van der Waals surface area contributed by atoms with E-state index < -0.39 is 0 Å². The largest absolute Gasteiger partial charge is 0.327 e. The molecule has 0 aliphatic heterocycles. The molecule has 1 heterocycles. The van der Waals surface area contributed by atoms with Crippen LogP contribution < -0.4 is 5.73 Å². The lowest BCUT2D eigenvalue weighted by atomic mass is 10.1. The number of aromatic nitrogens is 2. The third-order valence-corrected chi connectivity index (χ3v) is 2.97. The van der Waals surface area contributed by atoms with Crippen molar-refractivity contribution in [3.8, 4) is 11.3 Å². The summed E-state index contributed by atoms with van der Waals surface area (Å²) < 4.78 is 0. The number of hydrogen-bond donors (Lipinski definition) is 2. The monoisotopic (exact) mass is 199 g/mol. The average Bonchev–Trinajstić information content (AvgIpc) is 2.82. The molecular weight excluding hydrogens is 186 g/mol. The van der Waals surface area contributed by atoms with Gasteiger partial charge in [-0.2, -0.15) is 5.10 Å². The first kappa shape index (κ1) is 8.68. The Morgan fingerprint density at radius 2 is 2.00 bits per heavy atom. The third-order valence-electron chi connectivity index (χ3n) is 2.97. The maximum atomic E-state index is 5.86. The van der Waals surface area contributed by atoms with Crippen LogP contribution >= 0.6 is 0 Å². The van der Waals surface area contributed by atoms with Crippen LogP contribution in [0.2, 0.25) is 0 Å². The Balaban J connectivity index is 2.02. The van der Waals surface area contributed by atoms with Crippen molar-refractivity contribution in [2.24, 2.45) is 5.73 Å². The van der Waals surface area contributed by atoms with E-state index in [0.717, 1.165) is 12.1 Å². The van der Waals surface area contributed by atoms with Crippen molar-refractivity contribution >= 4 is 0 Å². The minimum absolute atomic E-state index is 0.324. The Labute approximate surface area is 88.3 Å². The van der Waals surface area contributed by atoms with E-state index in [1.807, 2.05) is 24.4 Å². The molecule has 1 aliphatic carbocycles. The molecule has 0 bridgehead atoms. The Morgan fingerprint density at radius 3 is 2.67 bits per heavy atom. The van der Waals surface area contributed by atoms with Crippen molar-refractivity contribution < 1.29 is 0 Å². The van der Waals surface area contributed by atoms with Gasteiger partial charge in [0.15, 0.2) is 0 Å². The number of nitrogens with one attached hydrogen (secondary N) is 1. The second-order valence-corrected chi connectivity index (χ2v) is 4.07. The van der Waals surface area contributed by atoms with E-state index in [-0.39, 0.29) is 0 Å². The zero-order valence-corrected chi connectivity index (χ0v) is 8.35. The van der Waals surface area contributed by atoms with Gasteiger partial charge >= 0.3 is 0 Å². The van der Waals surface area contributed by atoms with Crippen LogP contribution in [0.1, 0.15) is 17.9 Å². The average molecular weight is 199 g/mol. The highest BCUT2D eigenvalue weighted by Gasteiger charge is 2.37. The quantitative estimate of drug-likeness (QED) is 0.776. The molecule has 1 saturated carbocycles. The Morgan fingerprint density at radius 1 is 1.27 bits per heavy atom. The highest BCUT2D eigenvalue weighted by molar-refractivity contribution is 5.64. The van der Waals surface area contributed by atoms with Gasteiger partial charge in [-0.1, -0.05) is 30.3 Å². The molecule has 76 valence electrons. The minimum atomic E-state index is 0.324. The molecule has 2 unspecified atom stereocenters. The second kappa shape index (κ2) is 3.21. The van der Waals surface area contributed by atoms with Crippen LogP contribution in [0.5, 0.6) is 0 Å². The number of rotatable bonds is 2. The lowest BCUT2D eigenvalue weighted by Gasteiger charge is -2.01. The summed E-state index contributed by atoms with van der Waals surface area (Å²) in [6.45, 7) is 0. The summed E-state index contributed by atoms with van der Waals surface area (Å²) in [5.41, 5.74) is 9.42. The fourth-order valence-electron chi connectivity index (χ4n) is 1.98. The molecule has 15 heavy (non-hydrogen) atoms. The molecule has 3 N–H and O–H groups in total. The summed E-state index contributed by atoms with van der Waals surface area (Å²) >= 11 is 0. The first-order valence-electron chi connectivity index (χ1n) is 5.20. The molecule has 1 aromatic carbocycles. The number of hydrogen-bond acceptors (Lipinski definition) is 2. The Bertz CT molecular complexity index is 461. The van der Waals surface area contributed by atoms with Crippen LogP contribution in [0.15, 0.2) is 36.5 Å². The predicted molar refractivity (Wildman–Crippen MR) is 59.4 cm³/mol. The predicted octanol–water partition coefficient (Wildman–Crippen LogP) is 1.89. The molecule has 3 heteroatoms. The molecule has 0 saturated heterocycles. The topological polar surface area (TPSA) is 54.7 Å². The van der Waals surface area contributed by atoms with Gasteiger partial charge in [-0.25, -0.2) is 0 Å². The fraction of sp³-hybridized carbons (Fsp3) is 0.250. The molecule has 1 aromatic heterocycles. The van der Waals surface area contributed by atoms with E-state index in [4.69, 9.17) is 5.73 Å². The summed E-state index contributed by atoms with van der Waals surface area (Å²) in [4.78, 5) is 0. The molecule has 3 nitrogen and oxygen atoms in total. The van der Waals surface area contributed by atoms with Crippen LogP contribution in [0.3, 0.4) is 0 Å². The number of aromatic amines is 1. The first-order valence-corrected chi connectivity index (χ1v) is 5.20. The van der Waals surface area contributed by atoms with Crippen molar-refractivity contribution in [3.05, 3.63) is 42.1 Å². The Kier molecular flexibility index (Phi) is 1.86. The molecular formula is C12H13N3. The van der Waals surface area contributed by atoms with Crippen LogP contribution in [-0.4, -0.2) is 16.2 Å². The third kappa shape index (κ3) is 1.45. The number of nitrogens with two attached hydrogens (primary N) is 1. The SMILES string of the molecule is NC1CC1c1cn[nH]c1-c1ccccc1. The minimum Gasteiger partial charge on any atom is -0.327 e. The van der Waals surface area contributed by atoms with Crippen LogP contribution in [0, 0.1) is 0 Å². The standard InChI is InChI=1S/C12H13N3/c13-11-6-9(11)10-7-14-15-12(10)8-4-2-1-3-5-8/h1-5,7,9,11H,6,13H2,(H,14,15). The maximum Gasteiger partial charge on any atom is 0.0685 e. The molecule has 0 radical (unpaired) electrons. The summed E-state index contributed by atoms with van der Waals surface area (Å²) in [6, 6.07) is 10.6. The zero-order valence-electron chi connectivity index (χ0n) is 8.35. The highest BCUT2D eigenvalue weighted by Crippen LogP contribution is 2.42. The number of H-pyrrole nitrogens is 1. The van der Waals surface area contributed by atoms with Gasteiger partial charge < -0.3 is 5.73 Å². The zero-order chi connectivity index (χ0) is 10.3. The van der Waals surface area contributed by atoms with Gasteiger partial charge in [-0.3, -0.25) is 5.10 Å². The summed E-state index contributed by atoms with van der Waals surface area (Å²) in [6.07, 6.45) is 2.99. The smallest absolute Gasteiger partial charge is 0.0685 e. The lowest BCUT2D eigenvalue weighted by Crippen LogP contribution is -2.01. The number of benzene rings is 1. The van der Waals surface area contributed by atoms with Crippen molar-refractivity contribution in [2.75, 3.05) is 0 Å². The van der Waals surface area contributed by atoms with E-state index in [1.54, 1.807) is 0 Å². The highest BCUT2D eigenvalue weighted by atomic mass is 15.1. The van der Waals surface area contributed by atoms with Crippen molar-refractivity contribution in [1.82, 2.24) is 10.2 Å². The first-order chi connectivity index (χ1) is 7.36. The normalized spacial score (nSPS) is 24.1. The summed E-state index contributed by atoms with van der Waals surface area (Å²) in [7, 11) is 0. The van der Waals surface area contributed by atoms with Gasteiger partial charge in [0.2, 0.25) is 0 Å². The second-order valence-electron chi connectivity index (χ2n) is 4.07. The lowest BCUT2D eigenvalue weighted by molar-refractivity contribution is 0.993. The van der Waals surface area contributed by atoms with E-state index in [9.17, 15) is 0 Å². The molecule has 2 aromatic rings. The molecule has 0 amide bonds. The van der Waals surface area contributed by atoms with Crippen molar-refractivity contribution in [1.29, 1.82) is 0 Å². The van der Waals surface area contributed by atoms with E-state index in [1.165, 1.54) is 11.1 Å². The molecule has 2 atom stereocenters. The van der Waals surface area contributed by atoms with Crippen molar-refractivity contribution in [3.63, 3.8) is 0 Å². The van der Waals surface area contributed by atoms with E-state index in [2.05, 4.69) is 22.3 Å². The Hall–Kier alpha value is -1.61. The van der Waals surface area contributed by atoms with Gasteiger partial charge in [0.1, 0.15) is 0 Å². The summed E-state index contributed by atoms with van der Waals surface area (Å²) in [5, 5.41) is 7.17. The van der Waals surface area contributed by atoms with Gasteiger partial charge in [-0.15, -0.1) is 0 Å². The van der Waals surface area contributed by atoms with Crippen molar-refractivity contribution in [2.45, 2.75) is 18.4 Å². The van der Waals surface area contributed by atoms with Crippen LogP contribution in [0.4, 0.5) is 0 Å². The van der Waals surface area contributed by atoms with Gasteiger partial charge in [0.25, 0.3) is 0 Å². The van der Waals surface area contributed by atoms with E-state index >= 15 is 0 Å².